The minimum absolute atomic E-state index is 0.0293. The number of allylic oxidation sites excluding steroid dienone is 3. The molecule has 1 heterocycles. The predicted molar refractivity (Wildman–Crippen MR) is 113 cm³/mol. The van der Waals surface area contributed by atoms with Gasteiger partial charge in [0.2, 0.25) is 0 Å². The third-order valence-electron chi connectivity index (χ3n) is 5.10. The maximum Gasteiger partial charge on any atom is 0.306 e. The van der Waals surface area contributed by atoms with Crippen molar-refractivity contribution in [1.82, 2.24) is 0 Å². The fourth-order valence-corrected chi connectivity index (χ4v) is 4.00. The Hall–Kier alpha value is -1.91. The molecule has 4 nitrogen and oxygen atoms in total. The number of benzene rings is 1. The van der Waals surface area contributed by atoms with Crippen LogP contribution in [0.2, 0.25) is 0 Å². The minimum atomic E-state index is -0.854. The number of unbranched alkanes of at least 4 members (excludes halogenated alkanes) is 1. The van der Waals surface area contributed by atoms with Crippen molar-refractivity contribution in [2.24, 2.45) is 5.92 Å². The average molecular weight is 387 g/mol. The smallest absolute Gasteiger partial charge is 0.306 e. The molecule has 4 heteroatoms. The van der Waals surface area contributed by atoms with Crippen LogP contribution < -0.4 is 0 Å². The van der Waals surface area contributed by atoms with Gasteiger partial charge in [0.05, 0.1) is 6.42 Å². The molecule has 1 aliphatic rings. The van der Waals surface area contributed by atoms with Crippen molar-refractivity contribution in [1.29, 1.82) is 0 Å². The molecule has 1 aromatic rings. The minimum Gasteiger partial charge on any atom is -0.481 e. The van der Waals surface area contributed by atoms with Crippen LogP contribution in [0.1, 0.15) is 71.3 Å². The summed E-state index contributed by atoms with van der Waals surface area (Å²) >= 11 is 0. The lowest BCUT2D eigenvalue weighted by molar-refractivity contribution is -0.346. The monoisotopic (exact) mass is 386 g/mol. The summed E-state index contributed by atoms with van der Waals surface area (Å²) < 4.78 is 0. The Labute approximate surface area is 169 Å². The number of hydrogen-bond acceptors (Lipinski definition) is 3. The Morgan fingerprint density at radius 1 is 1.07 bits per heavy atom. The number of rotatable bonds is 11. The fourth-order valence-electron chi connectivity index (χ4n) is 4.00. The van der Waals surface area contributed by atoms with E-state index < -0.39 is 17.2 Å². The Balaban J connectivity index is 1.62. The molecule has 2 rings (SSSR count). The van der Waals surface area contributed by atoms with Gasteiger partial charge in [0, 0.05) is 6.42 Å². The van der Waals surface area contributed by atoms with Gasteiger partial charge in [-0.05, 0) is 57.4 Å². The van der Waals surface area contributed by atoms with Crippen LogP contribution in [0, 0.1) is 5.92 Å². The van der Waals surface area contributed by atoms with Gasteiger partial charge in [-0.3, -0.25) is 4.79 Å². The molecule has 1 aromatic carbocycles. The highest BCUT2D eigenvalue weighted by molar-refractivity contribution is 5.68. The highest BCUT2D eigenvalue weighted by Crippen LogP contribution is 2.42. The summed E-state index contributed by atoms with van der Waals surface area (Å²) in [6.45, 7) is 6.05. The molecule has 0 radical (unpaired) electrons. The molecule has 0 aliphatic carbocycles. The van der Waals surface area contributed by atoms with E-state index >= 15 is 0 Å². The largest absolute Gasteiger partial charge is 0.481 e. The first kappa shape index (κ1) is 22.4. The number of carboxylic acids is 1. The molecule has 0 bridgehead atoms. The first-order chi connectivity index (χ1) is 13.3. The van der Waals surface area contributed by atoms with E-state index in [0.29, 0.717) is 12.3 Å². The lowest BCUT2D eigenvalue weighted by Crippen LogP contribution is -2.31. The van der Waals surface area contributed by atoms with E-state index in [1.54, 1.807) is 0 Å². The average Bonchev–Trinajstić information content (AvgIpc) is 2.91. The standard InChI is InChI=1S/C24H34O4/c1-20(17-23(2)19-24(3,28-27-23)18-22(25)26)13-9-6-4-5-7-10-14-21-15-11-8-12-16-21/h4,6,8,10-12,14-16,20H,5,7,9,13,17-19H2,1-3H3,(H,25,26)/t20?,23-,24+/m1/s1. The molecule has 1 fully saturated rings. The zero-order valence-electron chi connectivity index (χ0n) is 17.4. The third kappa shape index (κ3) is 7.99. The van der Waals surface area contributed by atoms with Gasteiger partial charge in [-0.15, -0.1) is 0 Å². The molecule has 28 heavy (non-hydrogen) atoms. The Morgan fingerprint density at radius 2 is 1.71 bits per heavy atom. The van der Waals surface area contributed by atoms with Crippen LogP contribution in [0.5, 0.6) is 0 Å². The Morgan fingerprint density at radius 3 is 2.43 bits per heavy atom. The van der Waals surface area contributed by atoms with Gasteiger partial charge in [-0.25, -0.2) is 9.78 Å². The lowest BCUT2D eigenvalue weighted by Gasteiger charge is -2.25. The SMILES string of the molecule is CC(CCC=CCCC=Cc1ccccc1)C[C@]1(C)C[C@](C)(CC(=O)O)OO1. The van der Waals surface area contributed by atoms with Crippen molar-refractivity contribution < 1.29 is 19.7 Å². The highest BCUT2D eigenvalue weighted by atomic mass is 17.2. The van der Waals surface area contributed by atoms with E-state index in [2.05, 4.69) is 55.5 Å². The van der Waals surface area contributed by atoms with E-state index in [-0.39, 0.29) is 6.42 Å². The van der Waals surface area contributed by atoms with Crippen molar-refractivity contribution in [3.63, 3.8) is 0 Å². The zero-order valence-corrected chi connectivity index (χ0v) is 17.4. The van der Waals surface area contributed by atoms with E-state index in [9.17, 15) is 4.79 Å². The highest BCUT2D eigenvalue weighted by Gasteiger charge is 2.47. The van der Waals surface area contributed by atoms with E-state index in [1.165, 1.54) is 5.56 Å². The molecule has 0 spiro atoms. The summed E-state index contributed by atoms with van der Waals surface area (Å²) in [7, 11) is 0. The molecule has 1 unspecified atom stereocenters. The van der Waals surface area contributed by atoms with Crippen molar-refractivity contribution in [3.8, 4) is 0 Å². The van der Waals surface area contributed by atoms with Gasteiger partial charge < -0.3 is 5.11 Å². The summed E-state index contributed by atoms with van der Waals surface area (Å²) in [6.07, 6.45) is 14.6. The summed E-state index contributed by atoms with van der Waals surface area (Å²) in [4.78, 5) is 21.9. The summed E-state index contributed by atoms with van der Waals surface area (Å²) in [5.74, 6) is -0.365. The molecule has 3 atom stereocenters. The van der Waals surface area contributed by atoms with Crippen LogP contribution in [0.25, 0.3) is 6.08 Å². The maximum absolute atomic E-state index is 11.0. The van der Waals surface area contributed by atoms with Gasteiger partial charge in [-0.2, -0.15) is 0 Å². The second kappa shape index (κ2) is 10.6. The normalized spacial score (nSPS) is 26.2. The van der Waals surface area contributed by atoms with Gasteiger partial charge >= 0.3 is 5.97 Å². The first-order valence-corrected chi connectivity index (χ1v) is 10.3. The summed E-state index contributed by atoms with van der Waals surface area (Å²) in [6, 6.07) is 10.4. The molecule has 1 N–H and O–H groups in total. The van der Waals surface area contributed by atoms with E-state index in [1.807, 2.05) is 19.9 Å². The van der Waals surface area contributed by atoms with Crippen LogP contribution >= 0.6 is 0 Å². The molecular weight excluding hydrogens is 352 g/mol. The van der Waals surface area contributed by atoms with Gasteiger partial charge in [0.25, 0.3) is 0 Å². The van der Waals surface area contributed by atoms with Gasteiger partial charge in [0.1, 0.15) is 11.2 Å². The molecular formula is C24H34O4. The maximum atomic E-state index is 11.0. The van der Waals surface area contributed by atoms with Crippen LogP contribution in [0.3, 0.4) is 0 Å². The molecule has 0 saturated carbocycles. The Bertz CT molecular complexity index is 666. The predicted octanol–water partition coefficient (Wildman–Crippen LogP) is 6.19. The first-order valence-electron chi connectivity index (χ1n) is 10.3. The molecule has 0 amide bonds. The van der Waals surface area contributed by atoms with Crippen molar-refractivity contribution in [3.05, 3.63) is 54.1 Å². The number of carboxylic acid groups (broad SMARTS) is 1. The van der Waals surface area contributed by atoms with Crippen LogP contribution in [-0.2, 0) is 14.6 Å². The van der Waals surface area contributed by atoms with E-state index in [0.717, 1.165) is 32.1 Å². The molecule has 0 aromatic heterocycles. The Kier molecular flexibility index (Phi) is 8.46. The van der Waals surface area contributed by atoms with Crippen molar-refractivity contribution in [2.45, 2.75) is 76.9 Å². The number of carbonyl (C=O) groups is 1. The van der Waals surface area contributed by atoms with Crippen LogP contribution in [0.4, 0.5) is 0 Å². The zero-order chi connectivity index (χ0) is 20.5. The molecule has 1 aliphatic heterocycles. The summed E-state index contributed by atoms with van der Waals surface area (Å²) in [5.41, 5.74) is 0.106. The lowest BCUT2D eigenvalue weighted by atomic mass is 9.82. The number of aliphatic carboxylic acids is 1. The van der Waals surface area contributed by atoms with E-state index in [4.69, 9.17) is 14.9 Å². The van der Waals surface area contributed by atoms with Gasteiger partial charge in [0.15, 0.2) is 0 Å². The number of hydrogen-bond donors (Lipinski definition) is 1. The third-order valence-corrected chi connectivity index (χ3v) is 5.10. The quantitative estimate of drug-likeness (QED) is 0.280. The van der Waals surface area contributed by atoms with Crippen molar-refractivity contribution in [2.75, 3.05) is 0 Å². The van der Waals surface area contributed by atoms with Crippen molar-refractivity contribution >= 4 is 12.0 Å². The van der Waals surface area contributed by atoms with Crippen LogP contribution in [0.15, 0.2) is 48.6 Å². The molecule has 154 valence electrons. The second-order valence-corrected chi connectivity index (χ2v) is 8.56. The molecule has 1 saturated heterocycles. The van der Waals surface area contributed by atoms with Crippen LogP contribution in [-0.4, -0.2) is 22.3 Å². The summed E-state index contributed by atoms with van der Waals surface area (Å²) in [5, 5.41) is 9.02. The van der Waals surface area contributed by atoms with Gasteiger partial charge in [-0.1, -0.05) is 61.6 Å². The fraction of sp³-hybridized carbons (Fsp3) is 0.542. The topological polar surface area (TPSA) is 55.8 Å². The second-order valence-electron chi connectivity index (χ2n) is 8.56.